The lowest BCUT2D eigenvalue weighted by molar-refractivity contribution is 0.0526. The molecule has 3 aromatic carbocycles. The summed E-state index contributed by atoms with van der Waals surface area (Å²) in [6.07, 6.45) is 0. The first-order valence-corrected chi connectivity index (χ1v) is 10.4. The first-order chi connectivity index (χ1) is 15.0. The standard InChI is InChI=1S/C24H21Cl2NO4/c1-3-31-24(29)16-11-13-17(14-12-16)27(15-19-20(25)8-6-9-21(19)26)23(28)18-7-4-5-10-22(18)30-2/h4-14H,3,15H2,1-2H3. The van der Waals surface area contributed by atoms with Gasteiger partial charge in [0, 0.05) is 21.3 Å². The van der Waals surface area contributed by atoms with Gasteiger partial charge < -0.3 is 14.4 Å². The highest BCUT2D eigenvalue weighted by molar-refractivity contribution is 6.36. The molecule has 5 nitrogen and oxygen atoms in total. The molecule has 0 radical (unpaired) electrons. The van der Waals surface area contributed by atoms with Crippen molar-refractivity contribution in [3.05, 3.63) is 93.5 Å². The summed E-state index contributed by atoms with van der Waals surface area (Å²) in [5.41, 5.74) is 1.97. The van der Waals surface area contributed by atoms with Crippen molar-refractivity contribution >= 4 is 40.8 Å². The number of carbonyl (C=O) groups excluding carboxylic acids is 2. The van der Waals surface area contributed by atoms with Crippen molar-refractivity contribution in [3.63, 3.8) is 0 Å². The van der Waals surface area contributed by atoms with Crippen LogP contribution in [0, 0.1) is 0 Å². The molecule has 0 aliphatic carbocycles. The monoisotopic (exact) mass is 457 g/mol. The van der Waals surface area contributed by atoms with Crippen LogP contribution in [-0.2, 0) is 11.3 Å². The molecular formula is C24H21Cl2NO4. The van der Waals surface area contributed by atoms with E-state index < -0.39 is 5.97 Å². The van der Waals surface area contributed by atoms with Gasteiger partial charge in [0.2, 0.25) is 0 Å². The van der Waals surface area contributed by atoms with E-state index in [0.29, 0.717) is 38.2 Å². The van der Waals surface area contributed by atoms with E-state index in [2.05, 4.69) is 0 Å². The van der Waals surface area contributed by atoms with Crippen molar-refractivity contribution in [1.29, 1.82) is 0 Å². The summed E-state index contributed by atoms with van der Waals surface area (Å²) in [6, 6.07) is 18.8. The van der Waals surface area contributed by atoms with Crippen LogP contribution in [0.25, 0.3) is 0 Å². The van der Waals surface area contributed by atoms with Gasteiger partial charge >= 0.3 is 5.97 Å². The molecule has 0 bridgehead atoms. The van der Waals surface area contributed by atoms with Crippen molar-refractivity contribution in [3.8, 4) is 5.75 Å². The molecule has 3 rings (SSSR count). The van der Waals surface area contributed by atoms with Crippen molar-refractivity contribution in [1.82, 2.24) is 0 Å². The molecule has 1 amide bonds. The summed E-state index contributed by atoms with van der Waals surface area (Å²) in [5, 5.41) is 0.905. The van der Waals surface area contributed by atoms with Gasteiger partial charge in [-0.2, -0.15) is 0 Å². The van der Waals surface area contributed by atoms with E-state index >= 15 is 0 Å². The molecule has 3 aromatic rings. The van der Waals surface area contributed by atoms with E-state index in [4.69, 9.17) is 32.7 Å². The normalized spacial score (nSPS) is 10.5. The summed E-state index contributed by atoms with van der Waals surface area (Å²) in [5.74, 6) is -0.269. The van der Waals surface area contributed by atoms with Gasteiger partial charge in [-0.3, -0.25) is 4.79 Å². The van der Waals surface area contributed by atoms with Gasteiger partial charge in [0.15, 0.2) is 0 Å². The molecule has 0 spiro atoms. The van der Waals surface area contributed by atoms with Gasteiger partial charge in [-0.15, -0.1) is 0 Å². The maximum Gasteiger partial charge on any atom is 0.338 e. The zero-order valence-corrected chi connectivity index (χ0v) is 18.6. The smallest absolute Gasteiger partial charge is 0.338 e. The largest absolute Gasteiger partial charge is 0.496 e. The Hall–Kier alpha value is -3.02. The number of hydrogen-bond donors (Lipinski definition) is 0. The molecule has 0 atom stereocenters. The topological polar surface area (TPSA) is 55.8 Å². The van der Waals surface area contributed by atoms with Crippen LogP contribution in [0.15, 0.2) is 66.7 Å². The highest BCUT2D eigenvalue weighted by Gasteiger charge is 2.23. The minimum atomic E-state index is -0.425. The fraction of sp³-hybridized carbons (Fsp3) is 0.167. The minimum Gasteiger partial charge on any atom is -0.496 e. The summed E-state index contributed by atoms with van der Waals surface area (Å²) >= 11 is 12.7. The number of para-hydroxylation sites is 1. The third-order valence-corrected chi connectivity index (χ3v) is 5.36. The SMILES string of the molecule is CCOC(=O)c1ccc(N(Cc2c(Cl)cccc2Cl)C(=O)c2ccccc2OC)cc1. The Morgan fingerprint density at radius 3 is 2.16 bits per heavy atom. The van der Waals surface area contributed by atoms with Crippen LogP contribution in [0.5, 0.6) is 5.75 Å². The van der Waals surface area contributed by atoms with Crippen molar-refractivity contribution in [2.75, 3.05) is 18.6 Å². The number of nitrogens with zero attached hydrogens (tertiary/aromatic N) is 1. The number of amides is 1. The van der Waals surface area contributed by atoms with Crippen LogP contribution < -0.4 is 9.64 Å². The Kier molecular flexibility index (Phi) is 7.55. The van der Waals surface area contributed by atoms with Crippen LogP contribution in [0.1, 0.15) is 33.2 Å². The minimum absolute atomic E-state index is 0.133. The fourth-order valence-corrected chi connectivity index (χ4v) is 3.60. The first kappa shape index (κ1) is 22.7. The average molecular weight is 458 g/mol. The quantitative estimate of drug-likeness (QED) is 0.406. The maximum absolute atomic E-state index is 13.5. The highest BCUT2D eigenvalue weighted by atomic mass is 35.5. The first-order valence-electron chi connectivity index (χ1n) is 9.61. The van der Waals surface area contributed by atoms with E-state index in [9.17, 15) is 9.59 Å². The van der Waals surface area contributed by atoms with Crippen LogP contribution in [0.2, 0.25) is 10.0 Å². The number of carbonyl (C=O) groups is 2. The Bertz CT molecular complexity index is 1060. The second-order valence-electron chi connectivity index (χ2n) is 6.56. The Morgan fingerprint density at radius 2 is 1.55 bits per heavy atom. The highest BCUT2D eigenvalue weighted by Crippen LogP contribution is 2.30. The molecule has 0 aromatic heterocycles. The van der Waals surface area contributed by atoms with Crippen LogP contribution in [0.3, 0.4) is 0 Å². The molecule has 160 valence electrons. The zero-order chi connectivity index (χ0) is 22.4. The number of methoxy groups -OCH3 is 1. The van der Waals surface area contributed by atoms with Gasteiger partial charge in [0.25, 0.3) is 5.91 Å². The molecule has 0 aliphatic heterocycles. The van der Waals surface area contributed by atoms with E-state index in [-0.39, 0.29) is 19.1 Å². The second-order valence-corrected chi connectivity index (χ2v) is 7.37. The van der Waals surface area contributed by atoms with Crippen LogP contribution >= 0.6 is 23.2 Å². The Balaban J connectivity index is 2.04. The predicted molar refractivity (Wildman–Crippen MR) is 122 cm³/mol. The lowest BCUT2D eigenvalue weighted by Gasteiger charge is -2.25. The van der Waals surface area contributed by atoms with Crippen molar-refractivity contribution in [2.45, 2.75) is 13.5 Å². The third-order valence-electron chi connectivity index (χ3n) is 4.65. The second kappa shape index (κ2) is 10.3. The number of halogens is 2. The van der Waals surface area contributed by atoms with Gasteiger partial charge in [-0.1, -0.05) is 41.4 Å². The number of ether oxygens (including phenoxy) is 2. The molecule has 0 saturated carbocycles. The third kappa shape index (κ3) is 5.19. The van der Waals surface area contributed by atoms with Gasteiger partial charge in [-0.25, -0.2) is 4.79 Å². The number of benzene rings is 3. The maximum atomic E-state index is 13.5. The molecule has 31 heavy (non-hydrogen) atoms. The predicted octanol–water partition coefficient (Wildman–Crippen LogP) is 6.03. The van der Waals surface area contributed by atoms with Gasteiger partial charge in [-0.05, 0) is 55.5 Å². The molecule has 0 N–H and O–H groups in total. The average Bonchev–Trinajstić information content (AvgIpc) is 2.79. The fourth-order valence-electron chi connectivity index (χ4n) is 3.08. The number of rotatable bonds is 7. The van der Waals surface area contributed by atoms with Crippen LogP contribution in [0.4, 0.5) is 5.69 Å². The summed E-state index contributed by atoms with van der Waals surface area (Å²) in [4.78, 5) is 27.1. The molecule has 0 saturated heterocycles. The molecular weight excluding hydrogens is 437 g/mol. The number of hydrogen-bond acceptors (Lipinski definition) is 4. The summed E-state index contributed by atoms with van der Waals surface area (Å²) in [6.45, 7) is 2.16. The van der Waals surface area contributed by atoms with E-state index in [0.717, 1.165) is 0 Å². The Morgan fingerprint density at radius 1 is 0.903 bits per heavy atom. The van der Waals surface area contributed by atoms with Crippen molar-refractivity contribution in [2.24, 2.45) is 0 Å². The van der Waals surface area contributed by atoms with Gasteiger partial charge in [0.1, 0.15) is 5.75 Å². The molecule has 0 fully saturated rings. The number of esters is 1. The number of anilines is 1. The van der Waals surface area contributed by atoms with Gasteiger partial charge in [0.05, 0.1) is 31.4 Å². The molecule has 0 heterocycles. The lowest BCUT2D eigenvalue weighted by atomic mass is 10.1. The molecule has 0 unspecified atom stereocenters. The van der Waals surface area contributed by atoms with Crippen LogP contribution in [-0.4, -0.2) is 25.6 Å². The van der Waals surface area contributed by atoms with E-state index in [1.165, 1.54) is 7.11 Å². The lowest BCUT2D eigenvalue weighted by Crippen LogP contribution is -2.31. The van der Waals surface area contributed by atoms with Crippen molar-refractivity contribution < 1.29 is 19.1 Å². The Labute approximate surface area is 191 Å². The zero-order valence-electron chi connectivity index (χ0n) is 17.1. The molecule has 7 heteroatoms. The van der Waals surface area contributed by atoms with E-state index in [1.54, 1.807) is 78.6 Å². The van der Waals surface area contributed by atoms with E-state index in [1.807, 2.05) is 0 Å². The summed E-state index contributed by atoms with van der Waals surface area (Å²) in [7, 11) is 1.51. The molecule has 0 aliphatic rings. The summed E-state index contributed by atoms with van der Waals surface area (Å²) < 4.78 is 10.4.